The van der Waals surface area contributed by atoms with Crippen LogP contribution < -0.4 is 0 Å². The second kappa shape index (κ2) is 7.27. The van der Waals surface area contributed by atoms with Crippen LogP contribution in [0.15, 0.2) is 18.2 Å². The molecule has 0 unspecified atom stereocenters. The fourth-order valence-electron chi connectivity index (χ4n) is 1.60. The Morgan fingerprint density at radius 1 is 1.21 bits per heavy atom. The van der Waals surface area contributed by atoms with Gasteiger partial charge in [-0.1, -0.05) is 36.2 Å². The molecule has 3 nitrogen and oxygen atoms in total. The number of carbonyl (C=O) groups is 1. The zero-order valence-electron chi connectivity index (χ0n) is 10.7. The van der Waals surface area contributed by atoms with E-state index in [1.807, 2.05) is 0 Å². The molecular weight excluding hydrogens is 307 g/mol. The van der Waals surface area contributed by atoms with Crippen LogP contribution in [0.5, 0.6) is 0 Å². The average molecular weight is 323 g/mol. The van der Waals surface area contributed by atoms with Crippen molar-refractivity contribution >= 4 is 38.8 Å². The zero-order chi connectivity index (χ0) is 14.5. The highest BCUT2D eigenvalue weighted by atomic mass is 35.5. The summed E-state index contributed by atoms with van der Waals surface area (Å²) in [6.45, 7) is 1.60. The van der Waals surface area contributed by atoms with E-state index in [0.29, 0.717) is 16.5 Å². The van der Waals surface area contributed by atoms with Gasteiger partial charge in [-0.3, -0.25) is 4.79 Å². The van der Waals surface area contributed by atoms with Gasteiger partial charge in [-0.05, 0) is 24.1 Å². The van der Waals surface area contributed by atoms with Crippen molar-refractivity contribution in [1.29, 1.82) is 0 Å². The van der Waals surface area contributed by atoms with Crippen LogP contribution in [0.4, 0.5) is 0 Å². The third kappa shape index (κ3) is 5.93. The van der Waals surface area contributed by atoms with Gasteiger partial charge in [0, 0.05) is 18.6 Å². The number of benzene rings is 1. The Labute approximate surface area is 123 Å². The van der Waals surface area contributed by atoms with Crippen molar-refractivity contribution in [1.82, 2.24) is 0 Å². The van der Waals surface area contributed by atoms with E-state index in [4.69, 9.17) is 23.2 Å². The number of hydrogen-bond donors (Lipinski definition) is 0. The molecule has 0 N–H and O–H groups in total. The number of hydrogen-bond acceptors (Lipinski definition) is 3. The average Bonchev–Trinajstić information content (AvgIpc) is 2.33. The molecule has 0 amide bonds. The quantitative estimate of drug-likeness (QED) is 0.773. The first-order valence-corrected chi connectivity index (χ1v) is 8.58. The van der Waals surface area contributed by atoms with Crippen LogP contribution >= 0.6 is 23.2 Å². The molecule has 6 heteroatoms. The van der Waals surface area contributed by atoms with E-state index >= 15 is 0 Å². The van der Waals surface area contributed by atoms with Gasteiger partial charge in [0.15, 0.2) is 0 Å². The Bertz CT molecular complexity index is 553. The molecule has 1 rings (SSSR count). The van der Waals surface area contributed by atoms with Gasteiger partial charge in [0.25, 0.3) is 0 Å². The van der Waals surface area contributed by atoms with Gasteiger partial charge in [0.2, 0.25) is 0 Å². The molecule has 106 valence electrons. The Hall–Kier alpha value is -0.580. The fourth-order valence-corrected chi connectivity index (χ4v) is 2.79. The van der Waals surface area contributed by atoms with E-state index in [9.17, 15) is 13.2 Å². The Balaban J connectivity index is 2.45. The van der Waals surface area contributed by atoms with E-state index in [0.717, 1.165) is 5.56 Å². The van der Waals surface area contributed by atoms with E-state index in [-0.39, 0.29) is 30.1 Å². The van der Waals surface area contributed by atoms with Crippen molar-refractivity contribution in [3.63, 3.8) is 0 Å². The van der Waals surface area contributed by atoms with Gasteiger partial charge in [0.1, 0.15) is 15.6 Å². The molecule has 0 heterocycles. The van der Waals surface area contributed by atoms with Crippen LogP contribution in [0.3, 0.4) is 0 Å². The summed E-state index contributed by atoms with van der Waals surface area (Å²) in [5.41, 5.74) is 0.790. The molecule has 0 bridgehead atoms. The third-order valence-electron chi connectivity index (χ3n) is 2.74. The van der Waals surface area contributed by atoms with Crippen molar-refractivity contribution in [2.45, 2.75) is 26.2 Å². The summed E-state index contributed by atoms with van der Waals surface area (Å²) in [6, 6.07) is 5.05. The Morgan fingerprint density at radius 2 is 1.89 bits per heavy atom. The molecule has 19 heavy (non-hydrogen) atoms. The maximum Gasteiger partial charge on any atom is 0.150 e. The highest BCUT2D eigenvalue weighted by molar-refractivity contribution is 7.91. The molecule has 0 aliphatic carbocycles. The molecular formula is C13H16Cl2O3S. The Morgan fingerprint density at radius 3 is 2.47 bits per heavy atom. The summed E-state index contributed by atoms with van der Waals surface area (Å²) in [6.07, 6.45) is 0.888. The molecule has 0 fully saturated rings. The minimum absolute atomic E-state index is 0.00434. The standard InChI is InChI=1S/C13H16Cl2O3S/c1-2-19(17,18)7-3-4-11(16)8-10-5-6-12(14)13(15)9-10/h5-6,9H,2-4,7-8H2,1H3. The third-order valence-corrected chi connectivity index (χ3v) is 5.27. The summed E-state index contributed by atoms with van der Waals surface area (Å²) in [5, 5.41) is 0.868. The highest BCUT2D eigenvalue weighted by Crippen LogP contribution is 2.23. The monoisotopic (exact) mass is 322 g/mol. The van der Waals surface area contributed by atoms with Crippen molar-refractivity contribution in [3.8, 4) is 0 Å². The maximum absolute atomic E-state index is 11.7. The van der Waals surface area contributed by atoms with Crippen molar-refractivity contribution in [2.75, 3.05) is 11.5 Å². The minimum atomic E-state index is -2.99. The van der Waals surface area contributed by atoms with Crippen LogP contribution in [0.25, 0.3) is 0 Å². The smallest absolute Gasteiger partial charge is 0.150 e. The lowest BCUT2D eigenvalue weighted by molar-refractivity contribution is -0.118. The lowest BCUT2D eigenvalue weighted by Gasteiger charge is -2.04. The second-order valence-corrected chi connectivity index (χ2v) is 7.59. The lowest BCUT2D eigenvalue weighted by atomic mass is 10.1. The fraction of sp³-hybridized carbons (Fsp3) is 0.462. The van der Waals surface area contributed by atoms with Crippen LogP contribution in [0.2, 0.25) is 10.0 Å². The predicted molar refractivity (Wildman–Crippen MR) is 78.7 cm³/mol. The van der Waals surface area contributed by atoms with Gasteiger partial charge in [-0.15, -0.1) is 0 Å². The largest absolute Gasteiger partial charge is 0.299 e. The molecule has 0 aromatic heterocycles. The van der Waals surface area contributed by atoms with Crippen molar-refractivity contribution in [3.05, 3.63) is 33.8 Å². The maximum atomic E-state index is 11.7. The van der Waals surface area contributed by atoms with Crippen LogP contribution in [0, 0.1) is 0 Å². The lowest BCUT2D eigenvalue weighted by Crippen LogP contribution is -2.11. The molecule has 0 spiro atoms. The topological polar surface area (TPSA) is 51.2 Å². The van der Waals surface area contributed by atoms with Gasteiger partial charge in [-0.25, -0.2) is 8.42 Å². The van der Waals surface area contributed by atoms with Crippen LogP contribution in [-0.2, 0) is 21.1 Å². The minimum Gasteiger partial charge on any atom is -0.299 e. The van der Waals surface area contributed by atoms with Gasteiger partial charge in [0.05, 0.1) is 15.8 Å². The first-order chi connectivity index (χ1) is 8.84. The van der Waals surface area contributed by atoms with Gasteiger partial charge >= 0.3 is 0 Å². The SMILES string of the molecule is CCS(=O)(=O)CCCC(=O)Cc1ccc(Cl)c(Cl)c1. The Kier molecular flexibility index (Phi) is 6.30. The number of rotatable bonds is 7. The van der Waals surface area contributed by atoms with Crippen LogP contribution in [0.1, 0.15) is 25.3 Å². The second-order valence-electron chi connectivity index (χ2n) is 4.30. The molecule has 0 saturated heterocycles. The van der Waals surface area contributed by atoms with E-state index in [1.54, 1.807) is 25.1 Å². The van der Waals surface area contributed by atoms with E-state index < -0.39 is 9.84 Å². The van der Waals surface area contributed by atoms with Crippen LogP contribution in [-0.4, -0.2) is 25.7 Å². The molecule has 0 saturated carbocycles. The number of ketones is 1. The van der Waals surface area contributed by atoms with E-state index in [1.165, 1.54) is 0 Å². The molecule has 0 radical (unpaired) electrons. The number of halogens is 2. The first-order valence-electron chi connectivity index (χ1n) is 6.00. The summed E-state index contributed by atoms with van der Waals surface area (Å²) in [7, 11) is -2.99. The van der Waals surface area contributed by atoms with E-state index in [2.05, 4.69) is 0 Å². The molecule has 1 aromatic carbocycles. The van der Waals surface area contributed by atoms with Gasteiger partial charge in [-0.2, -0.15) is 0 Å². The van der Waals surface area contributed by atoms with Gasteiger partial charge < -0.3 is 0 Å². The molecule has 0 aliphatic heterocycles. The zero-order valence-corrected chi connectivity index (χ0v) is 13.0. The number of sulfone groups is 1. The number of Topliss-reactive ketones (excluding diaryl/α,β-unsaturated/α-hetero) is 1. The number of carbonyl (C=O) groups excluding carboxylic acids is 1. The summed E-state index contributed by atoms with van der Waals surface area (Å²) < 4.78 is 22.6. The first kappa shape index (κ1) is 16.5. The van der Waals surface area contributed by atoms with Crippen molar-refractivity contribution < 1.29 is 13.2 Å². The predicted octanol–water partition coefficient (Wildman–Crippen LogP) is 3.32. The molecule has 1 aromatic rings. The molecule has 0 aliphatic rings. The molecule has 0 atom stereocenters. The van der Waals surface area contributed by atoms with Crippen molar-refractivity contribution in [2.24, 2.45) is 0 Å². The summed E-state index contributed by atoms with van der Waals surface area (Å²) >= 11 is 11.6. The summed E-state index contributed by atoms with van der Waals surface area (Å²) in [5.74, 6) is 0.189. The normalized spacial score (nSPS) is 11.5. The highest BCUT2D eigenvalue weighted by Gasteiger charge is 2.10. The summed E-state index contributed by atoms with van der Waals surface area (Å²) in [4.78, 5) is 11.7.